The summed E-state index contributed by atoms with van der Waals surface area (Å²) in [6, 6.07) is 3.76. The molecule has 1 aliphatic rings. The van der Waals surface area contributed by atoms with Crippen molar-refractivity contribution in [2.24, 2.45) is 17.1 Å². The summed E-state index contributed by atoms with van der Waals surface area (Å²) in [5.74, 6) is 0.834. The lowest BCUT2D eigenvalue weighted by Gasteiger charge is -2.50. The van der Waals surface area contributed by atoms with Gasteiger partial charge < -0.3 is 21.5 Å². The van der Waals surface area contributed by atoms with Crippen molar-refractivity contribution in [3.05, 3.63) is 18.3 Å². The lowest BCUT2D eigenvalue weighted by atomic mass is 9.63. The fraction of sp³-hybridized carbons (Fsp3) is 0.571. The van der Waals surface area contributed by atoms with Crippen LogP contribution in [0.4, 0.5) is 16.3 Å². The van der Waals surface area contributed by atoms with E-state index in [4.69, 9.17) is 16.2 Å². The van der Waals surface area contributed by atoms with Gasteiger partial charge in [0.05, 0.1) is 5.69 Å². The topological polar surface area (TPSA) is 103 Å². The summed E-state index contributed by atoms with van der Waals surface area (Å²) in [6.07, 6.45) is 1.52. The number of ether oxygens (including phenoxy) is 1. The Labute approximate surface area is 118 Å². The van der Waals surface area contributed by atoms with Gasteiger partial charge in [-0.25, -0.2) is 9.78 Å². The van der Waals surface area contributed by atoms with Gasteiger partial charge >= 0.3 is 6.09 Å². The van der Waals surface area contributed by atoms with Crippen LogP contribution in [0.2, 0.25) is 0 Å². The molecule has 1 unspecified atom stereocenters. The van der Waals surface area contributed by atoms with Gasteiger partial charge in [-0.3, -0.25) is 0 Å². The summed E-state index contributed by atoms with van der Waals surface area (Å²) in [4.78, 5) is 15.2. The van der Waals surface area contributed by atoms with Crippen molar-refractivity contribution in [2.45, 2.75) is 39.3 Å². The maximum atomic E-state index is 10.9. The first-order chi connectivity index (χ1) is 9.29. The van der Waals surface area contributed by atoms with E-state index in [-0.39, 0.29) is 23.5 Å². The number of anilines is 2. The summed E-state index contributed by atoms with van der Waals surface area (Å²) in [7, 11) is 0. The smallest absolute Gasteiger partial charge is 0.404 e. The molecular weight excluding hydrogens is 256 g/mol. The average Bonchev–Trinajstić information content (AvgIpc) is 2.26. The number of hydrogen-bond donors (Lipinski definition) is 3. The second-order valence-corrected chi connectivity index (χ2v) is 6.29. The number of hydrogen-bond acceptors (Lipinski definition) is 5. The molecule has 5 N–H and O–H groups in total. The summed E-state index contributed by atoms with van der Waals surface area (Å²) < 4.78 is 5.17. The van der Waals surface area contributed by atoms with Gasteiger partial charge in [-0.15, -0.1) is 0 Å². The minimum atomic E-state index is -0.722. The molecule has 1 fully saturated rings. The van der Waals surface area contributed by atoms with E-state index in [0.29, 0.717) is 17.9 Å². The quantitative estimate of drug-likeness (QED) is 0.784. The second-order valence-electron chi connectivity index (χ2n) is 6.29. The molecule has 1 aromatic heterocycles. The van der Waals surface area contributed by atoms with E-state index in [1.807, 2.05) is 0 Å². The van der Waals surface area contributed by atoms with Crippen molar-refractivity contribution in [2.75, 3.05) is 11.1 Å². The molecule has 110 valence electrons. The molecule has 0 saturated heterocycles. The molecule has 20 heavy (non-hydrogen) atoms. The third kappa shape index (κ3) is 2.95. The minimum absolute atomic E-state index is 0.0143. The van der Waals surface area contributed by atoms with E-state index >= 15 is 0 Å². The molecule has 0 bridgehead atoms. The Hall–Kier alpha value is -1.98. The maximum absolute atomic E-state index is 10.9. The molecule has 1 aromatic rings. The van der Waals surface area contributed by atoms with Gasteiger partial charge in [-0.2, -0.15) is 0 Å². The Morgan fingerprint density at radius 3 is 2.75 bits per heavy atom. The van der Waals surface area contributed by atoms with Crippen molar-refractivity contribution in [1.82, 2.24) is 4.98 Å². The number of nitrogens with one attached hydrogen (secondary N) is 1. The molecule has 6 heteroatoms. The number of primary amides is 1. The molecular formula is C14H22N4O2. The molecule has 3 atom stereocenters. The van der Waals surface area contributed by atoms with Crippen molar-refractivity contribution >= 4 is 17.6 Å². The number of nitrogens with two attached hydrogens (primary N) is 2. The summed E-state index contributed by atoms with van der Waals surface area (Å²) in [5, 5.41) is 3.34. The summed E-state index contributed by atoms with van der Waals surface area (Å²) in [6.45, 7) is 6.35. The highest BCUT2D eigenvalue weighted by Gasteiger charge is 2.49. The van der Waals surface area contributed by atoms with Crippen molar-refractivity contribution in [3.8, 4) is 0 Å². The fourth-order valence-corrected chi connectivity index (χ4v) is 2.90. The molecule has 1 saturated carbocycles. The number of pyridine rings is 1. The van der Waals surface area contributed by atoms with E-state index in [0.717, 1.165) is 0 Å². The molecule has 0 aromatic carbocycles. The van der Waals surface area contributed by atoms with Crippen LogP contribution < -0.4 is 16.8 Å². The third-order valence-corrected chi connectivity index (χ3v) is 3.75. The van der Waals surface area contributed by atoms with E-state index in [9.17, 15) is 4.79 Å². The van der Waals surface area contributed by atoms with Crippen LogP contribution in [0.1, 0.15) is 27.2 Å². The predicted octanol–water partition coefficient (Wildman–Crippen LogP) is 1.97. The van der Waals surface area contributed by atoms with E-state index < -0.39 is 6.09 Å². The van der Waals surface area contributed by atoms with Gasteiger partial charge in [0.25, 0.3) is 0 Å². The highest BCUT2D eigenvalue weighted by molar-refractivity contribution is 5.65. The van der Waals surface area contributed by atoms with Crippen LogP contribution in [0.3, 0.4) is 0 Å². The van der Waals surface area contributed by atoms with E-state index in [1.165, 1.54) is 0 Å². The number of rotatable bonds is 3. The highest BCUT2D eigenvalue weighted by Crippen LogP contribution is 2.45. The lowest BCUT2D eigenvalue weighted by Crippen LogP contribution is -2.57. The van der Waals surface area contributed by atoms with Crippen LogP contribution in [-0.2, 0) is 4.74 Å². The largest absolute Gasteiger partial charge is 0.446 e. The summed E-state index contributed by atoms with van der Waals surface area (Å²) >= 11 is 0. The second kappa shape index (κ2) is 5.19. The van der Waals surface area contributed by atoms with Gasteiger partial charge in [-0.1, -0.05) is 20.8 Å². The average molecular weight is 278 g/mol. The van der Waals surface area contributed by atoms with E-state index in [2.05, 4.69) is 31.1 Å². The highest BCUT2D eigenvalue weighted by atomic mass is 16.6. The zero-order valence-corrected chi connectivity index (χ0v) is 12.1. The van der Waals surface area contributed by atoms with Crippen LogP contribution in [0.25, 0.3) is 0 Å². The minimum Gasteiger partial charge on any atom is -0.446 e. The first-order valence-electron chi connectivity index (χ1n) is 6.72. The Kier molecular flexibility index (Phi) is 3.74. The summed E-state index contributed by atoms with van der Waals surface area (Å²) in [5.41, 5.74) is 11.6. The SMILES string of the molecule is CC(C)(C)[C@@H]1C(Nc2ncccc2N)C[C@H]1OC(N)=O. The van der Waals surface area contributed by atoms with Gasteiger partial charge in [0, 0.05) is 24.6 Å². The molecule has 0 radical (unpaired) electrons. The zero-order valence-electron chi connectivity index (χ0n) is 12.1. The lowest BCUT2D eigenvalue weighted by molar-refractivity contribution is -0.0531. The molecule has 1 aliphatic carbocycles. The first-order valence-corrected chi connectivity index (χ1v) is 6.72. The monoisotopic (exact) mass is 278 g/mol. The molecule has 1 heterocycles. The maximum Gasteiger partial charge on any atom is 0.404 e. The Balaban J connectivity index is 2.09. The predicted molar refractivity (Wildman–Crippen MR) is 78.1 cm³/mol. The van der Waals surface area contributed by atoms with Crippen LogP contribution in [0.15, 0.2) is 18.3 Å². The van der Waals surface area contributed by atoms with Gasteiger partial charge in [0.15, 0.2) is 0 Å². The fourth-order valence-electron chi connectivity index (χ4n) is 2.90. The van der Waals surface area contributed by atoms with Gasteiger partial charge in [-0.05, 0) is 17.5 Å². The van der Waals surface area contributed by atoms with Crippen LogP contribution >= 0.6 is 0 Å². The number of aromatic nitrogens is 1. The molecule has 2 rings (SSSR count). The molecule has 0 spiro atoms. The Bertz CT molecular complexity index is 498. The molecule has 6 nitrogen and oxygen atoms in total. The van der Waals surface area contributed by atoms with E-state index in [1.54, 1.807) is 18.3 Å². The van der Waals surface area contributed by atoms with Crippen molar-refractivity contribution in [1.29, 1.82) is 0 Å². The number of nitrogens with zero attached hydrogens (tertiary/aromatic N) is 1. The third-order valence-electron chi connectivity index (χ3n) is 3.75. The standard InChI is InChI=1S/C14H22N4O2/c1-14(2,3)11-9(7-10(11)20-13(16)19)18-12-8(15)5-4-6-17-12/h4-6,9-11H,7,15H2,1-3H3,(H2,16,19)(H,17,18)/t9?,10-,11-/m1/s1. The van der Waals surface area contributed by atoms with Gasteiger partial charge in [0.1, 0.15) is 11.9 Å². The number of carbonyl (C=O) groups excluding carboxylic acids is 1. The van der Waals surface area contributed by atoms with Crippen molar-refractivity contribution < 1.29 is 9.53 Å². The number of carbonyl (C=O) groups is 1. The first kappa shape index (κ1) is 14.4. The van der Waals surface area contributed by atoms with Crippen LogP contribution in [0, 0.1) is 11.3 Å². The number of nitrogen functional groups attached to an aromatic ring is 1. The normalized spacial score (nSPS) is 25.6. The Morgan fingerprint density at radius 2 is 2.20 bits per heavy atom. The Morgan fingerprint density at radius 1 is 1.50 bits per heavy atom. The van der Waals surface area contributed by atoms with Crippen LogP contribution in [-0.4, -0.2) is 23.2 Å². The number of amides is 1. The zero-order chi connectivity index (χ0) is 14.9. The van der Waals surface area contributed by atoms with Crippen molar-refractivity contribution in [3.63, 3.8) is 0 Å². The van der Waals surface area contributed by atoms with Gasteiger partial charge in [0.2, 0.25) is 0 Å². The van der Waals surface area contributed by atoms with Crippen LogP contribution in [0.5, 0.6) is 0 Å². The molecule has 0 aliphatic heterocycles. The molecule has 1 amide bonds.